The second kappa shape index (κ2) is 6.11. The Bertz CT molecular complexity index is 816. The quantitative estimate of drug-likeness (QED) is 0.922. The van der Waals surface area contributed by atoms with Crippen molar-refractivity contribution in [2.45, 2.75) is 53.0 Å². The van der Waals surface area contributed by atoms with Crippen LogP contribution in [0.25, 0.3) is 10.1 Å². The number of pyridine rings is 1. The highest BCUT2D eigenvalue weighted by Crippen LogP contribution is 2.36. The van der Waals surface area contributed by atoms with Crippen LogP contribution in [0.4, 0.5) is 0 Å². The third-order valence-corrected chi connectivity index (χ3v) is 5.91. The van der Waals surface area contributed by atoms with Crippen molar-refractivity contribution in [3.63, 3.8) is 0 Å². The summed E-state index contributed by atoms with van der Waals surface area (Å²) in [5, 5.41) is 10.3. The van der Waals surface area contributed by atoms with Crippen molar-refractivity contribution in [2.75, 3.05) is 0 Å². The third-order valence-electron chi connectivity index (χ3n) is 4.71. The van der Waals surface area contributed by atoms with Crippen molar-refractivity contribution in [3.8, 4) is 0 Å². The topological polar surface area (TPSA) is 59.3 Å². The standard InChI is InChI=1S/C18H23NO3S/c1-10(2)6-7-19-13(18(21)22)9-15-16(17(19)20)12-5-4-11(3)8-14(12)23-15/h9-11H,4-8H2,1-3H3,(H,21,22). The summed E-state index contributed by atoms with van der Waals surface area (Å²) in [5.41, 5.74) is 1.17. The van der Waals surface area contributed by atoms with Crippen LogP contribution in [0.1, 0.15) is 54.5 Å². The largest absolute Gasteiger partial charge is 0.477 e. The molecular formula is C18H23NO3S. The molecule has 2 aromatic rings. The smallest absolute Gasteiger partial charge is 0.352 e. The van der Waals surface area contributed by atoms with Crippen LogP contribution in [0.5, 0.6) is 0 Å². The van der Waals surface area contributed by atoms with Gasteiger partial charge in [0, 0.05) is 16.1 Å². The van der Waals surface area contributed by atoms with E-state index in [1.165, 1.54) is 15.0 Å². The van der Waals surface area contributed by atoms with Gasteiger partial charge in [0.25, 0.3) is 5.56 Å². The van der Waals surface area contributed by atoms with Crippen LogP contribution in [-0.4, -0.2) is 15.6 Å². The summed E-state index contributed by atoms with van der Waals surface area (Å²) < 4.78 is 2.31. The van der Waals surface area contributed by atoms with E-state index in [1.54, 1.807) is 17.4 Å². The van der Waals surface area contributed by atoms with Gasteiger partial charge in [0.05, 0.1) is 5.39 Å². The summed E-state index contributed by atoms with van der Waals surface area (Å²) >= 11 is 1.61. The summed E-state index contributed by atoms with van der Waals surface area (Å²) in [6, 6.07) is 1.70. The number of carboxylic acids is 1. The highest BCUT2D eigenvalue weighted by molar-refractivity contribution is 7.19. The van der Waals surface area contributed by atoms with Gasteiger partial charge in [-0.3, -0.25) is 4.79 Å². The SMILES string of the molecule is CC(C)CCn1c(C(=O)O)cc2sc3c(c2c1=O)CCC(C)C3. The van der Waals surface area contributed by atoms with Crippen LogP contribution in [0.3, 0.4) is 0 Å². The molecule has 1 atom stereocenters. The highest BCUT2D eigenvalue weighted by atomic mass is 32.1. The molecule has 2 heterocycles. The fraction of sp³-hybridized carbons (Fsp3) is 0.556. The molecule has 5 heteroatoms. The first-order valence-electron chi connectivity index (χ1n) is 8.29. The van der Waals surface area contributed by atoms with E-state index in [9.17, 15) is 14.7 Å². The molecule has 4 nitrogen and oxygen atoms in total. The van der Waals surface area contributed by atoms with Gasteiger partial charge in [-0.05, 0) is 49.1 Å². The summed E-state index contributed by atoms with van der Waals surface area (Å²) in [4.78, 5) is 25.9. The van der Waals surface area contributed by atoms with Gasteiger partial charge in [-0.2, -0.15) is 0 Å². The number of rotatable bonds is 4. The first-order valence-corrected chi connectivity index (χ1v) is 9.11. The Hall–Kier alpha value is -1.62. The number of aryl methyl sites for hydroxylation is 1. The normalized spacial score (nSPS) is 17.7. The van der Waals surface area contributed by atoms with Crippen LogP contribution >= 0.6 is 11.3 Å². The number of aromatic carboxylic acids is 1. The van der Waals surface area contributed by atoms with E-state index < -0.39 is 5.97 Å². The third kappa shape index (κ3) is 2.94. The van der Waals surface area contributed by atoms with Crippen molar-refractivity contribution >= 4 is 27.4 Å². The highest BCUT2D eigenvalue weighted by Gasteiger charge is 2.24. The summed E-state index contributed by atoms with van der Waals surface area (Å²) in [6.07, 6.45) is 3.84. The molecule has 0 bridgehead atoms. The lowest BCUT2D eigenvalue weighted by atomic mass is 9.89. The molecule has 0 saturated carbocycles. The molecule has 3 rings (SSSR count). The van der Waals surface area contributed by atoms with E-state index in [0.29, 0.717) is 18.4 Å². The second-order valence-corrected chi connectivity index (χ2v) is 8.20. The van der Waals surface area contributed by atoms with Crippen LogP contribution in [-0.2, 0) is 19.4 Å². The number of thiophene rings is 1. The first-order chi connectivity index (χ1) is 10.9. The Labute approximate surface area is 139 Å². The molecule has 0 amide bonds. The van der Waals surface area contributed by atoms with Crippen molar-refractivity contribution in [1.82, 2.24) is 4.57 Å². The van der Waals surface area contributed by atoms with Crippen molar-refractivity contribution in [2.24, 2.45) is 11.8 Å². The zero-order chi connectivity index (χ0) is 16.7. The molecular weight excluding hydrogens is 310 g/mol. The van der Waals surface area contributed by atoms with Crippen molar-refractivity contribution in [1.29, 1.82) is 0 Å². The number of carbonyl (C=O) groups is 1. The van der Waals surface area contributed by atoms with Gasteiger partial charge in [0.15, 0.2) is 0 Å². The van der Waals surface area contributed by atoms with E-state index in [4.69, 9.17) is 0 Å². The Balaban J connectivity index is 2.20. The predicted molar refractivity (Wildman–Crippen MR) is 93.7 cm³/mol. The van der Waals surface area contributed by atoms with Crippen LogP contribution in [0.15, 0.2) is 10.9 Å². The molecule has 1 aliphatic rings. The number of carboxylic acid groups (broad SMARTS) is 1. The fourth-order valence-corrected chi connectivity index (χ4v) is 4.78. The molecule has 0 spiro atoms. The average Bonchev–Trinajstić information content (AvgIpc) is 2.83. The zero-order valence-electron chi connectivity index (χ0n) is 13.9. The van der Waals surface area contributed by atoms with Crippen LogP contribution in [0.2, 0.25) is 0 Å². The number of nitrogens with zero attached hydrogens (tertiary/aromatic N) is 1. The molecule has 1 unspecified atom stereocenters. The molecule has 23 heavy (non-hydrogen) atoms. The second-order valence-electron chi connectivity index (χ2n) is 7.07. The maximum atomic E-state index is 13.0. The monoisotopic (exact) mass is 333 g/mol. The Morgan fingerprint density at radius 1 is 1.48 bits per heavy atom. The van der Waals surface area contributed by atoms with Gasteiger partial charge in [0.2, 0.25) is 0 Å². The van der Waals surface area contributed by atoms with E-state index in [-0.39, 0.29) is 11.3 Å². The van der Waals surface area contributed by atoms with E-state index in [2.05, 4.69) is 20.8 Å². The maximum Gasteiger partial charge on any atom is 0.352 e. The lowest BCUT2D eigenvalue weighted by Gasteiger charge is -2.18. The molecule has 0 aliphatic heterocycles. The van der Waals surface area contributed by atoms with E-state index in [0.717, 1.165) is 35.8 Å². The molecule has 1 aliphatic carbocycles. The minimum atomic E-state index is -1.02. The minimum absolute atomic E-state index is 0.118. The van der Waals surface area contributed by atoms with E-state index >= 15 is 0 Å². The molecule has 0 fully saturated rings. The van der Waals surface area contributed by atoms with Gasteiger partial charge in [0.1, 0.15) is 5.69 Å². The van der Waals surface area contributed by atoms with E-state index in [1.807, 2.05) is 0 Å². The number of hydrogen-bond acceptors (Lipinski definition) is 3. The van der Waals surface area contributed by atoms with Crippen LogP contribution in [0, 0.1) is 11.8 Å². The molecule has 0 radical (unpaired) electrons. The zero-order valence-corrected chi connectivity index (χ0v) is 14.7. The Kier molecular flexibility index (Phi) is 4.32. The average molecular weight is 333 g/mol. The lowest BCUT2D eigenvalue weighted by Crippen LogP contribution is -2.27. The summed E-state index contributed by atoms with van der Waals surface area (Å²) in [5.74, 6) is 0.0432. The number of hydrogen-bond donors (Lipinski definition) is 1. The number of aromatic nitrogens is 1. The maximum absolute atomic E-state index is 13.0. The van der Waals surface area contributed by atoms with Gasteiger partial charge in [-0.25, -0.2) is 4.79 Å². The van der Waals surface area contributed by atoms with Gasteiger partial charge in [-0.1, -0.05) is 20.8 Å². The first kappa shape index (κ1) is 16.2. The van der Waals surface area contributed by atoms with Gasteiger partial charge in [-0.15, -0.1) is 11.3 Å². The minimum Gasteiger partial charge on any atom is -0.477 e. The fourth-order valence-electron chi connectivity index (χ4n) is 3.34. The molecule has 124 valence electrons. The van der Waals surface area contributed by atoms with Crippen LogP contribution < -0.4 is 5.56 Å². The van der Waals surface area contributed by atoms with Crippen molar-refractivity contribution < 1.29 is 9.90 Å². The lowest BCUT2D eigenvalue weighted by molar-refractivity contribution is 0.0683. The number of fused-ring (bicyclic) bond motifs is 3. The Morgan fingerprint density at radius 2 is 2.22 bits per heavy atom. The summed E-state index contributed by atoms with van der Waals surface area (Å²) in [7, 11) is 0. The summed E-state index contributed by atoms with van der Waals surface area (Å²) in [6.45, 7) is 6.86. The Morgan fingerprint density at radius 3 is 2.87 bits per heavy atom. The molecule has 0 saturated heterocycles. The van der Waals surface area contributed by atoms with Gasteiger partial charge < -0.3 is 9.67 Å². The molecule has 1 N–H and O–H groups in total. The van der Waals surface area contributed by atoms with Gasteiger partial charge >= 0.3 is 5.97 Å². The molecule has 2 aromatic heterocycles. The predicted octanol–water partition coefficient (Wildman–Crippen LogP) is 3.93. The van der Waals surface area contributed by atoms with Crippen molar-refractivity contribution in [3.05, 3.63) is 32.6 Å². The molecule has 0 aromatic carbocycles.